The average molecular weight is 471 g/mol. The Morgan fingerprint density at radius 2 is 1.91 bits per heavy atom. The first-order chi connectivity index (χ1) is 16.1. The maximum atomic E-state index is 14.8. The van der Waals surface area contributed by atoms with Gasteiger partial charge in [0.1, 0.15) is 23.3 Å². The van der Waals surface area contributed by atoms with Crippen LogP contribution in [0.4, 0.5) is 25.4 Å². The van der Waals surface area contributed by atoms with Crippen molar-refractivity contribution >= 4 is 23.5 Å². The SMILES string of the molecule is COc1ccc(C#N)cc1NC(=O)Nc1ccc([C@H]2CN(C(=O)OC(C)(C)C)CCO2)cc1F. The molecule has 1 fully saturated rings. The Morgan fingerprint density at radius 1 is 1.18 bits per heavy atom. The van der Waals surface area contributed by atoms with E-state index < -0.39 is 29.6 Å². The molecule has 1 aliphatic heterocycles. The van der Waals surface area contributed by atoms with E-state index in [-0.39, 0.29) is 24.5 Å². The van der Waals surface area contributed by atoms with Crippen LogP contribution in [0, 0.1) is 17.1 Å². The fraction of sp³-hybridized carbons (Fsp3) is 0.375. The fourth-order valence-electron chi connectivity index (χ4n) is 3.33. The van der Waals surface area contributed by atoms with Gasteiger partial charge in [0.2, 0.25) is 0 Å². The van der Waals surface area contributed by atoms with E-state index in [4.69, 9.17) is 19.5 Å². The second-order valence-corrected chi connectivity index (χ2v) is 8.63. The monoisotopic (exact) mass is 470 g/mol. The highest BCUT2D eigenvalue weighted by atomic mass is 19.1. The third-order valence-electron chi connectivity index (χ3n) is 4.91. The van der Waals surface area contributed by atoms with Crippen LogP contribution in [0.1, 0.15) is 38.0 Å². The van der Waals surface area contributed by atoms with Crippen molar-refractivity contribution in [1.29, 1.82) is 5.26 Å². The Balaban J connectivity index is 1.67. The van der Waals surface area contributed by atoms with Crippen LogP contribution in [0.5, 0.6) is 5.75 Å². The number of nitrogens with zero attached hydrogens (tertiary/aromatic N) is 2. The van der Waals surface area contributed by atoms with Crippen molar-refractivity contribution in [3.05, 3.63) is 53.3 Å². The zero-order valence-corrected chi connectivity index (χ0v) is 19.5. The Hall–Kier alpha value is -3.84. The van der Waals surface area contributed by atoms with E-state index in [2.05, 4.69) is 10.6 Å². The first-order valence-electron chi connectivity index (χ1n) is 10.6. The number of amides is 3. The van der Waals surface area contributed by atoms with E-state index in [1.54, 1.807) is 39.0 Å². The molecule has 1 heterocycles. The minimum atomic E-state index is -0.704. The van der Waals surface area contributed by atoms with Gasteiger partial charge in [-0.25, -0.2) is 14.0 Å². The summed E-state index contributed by atoms with van der Waals surface area (Å²) in [6, 6.07) is 10.1. The maximum Gasteiger partial charge on any atom is 0.410 e. The van der Waals surface area contributed by atoms with E-state index in [0.717, 1.165) is 0 Å². The number of carbonyl (C=O) groups is 2. The number of carbonyl (C=O) groups excluding carboxylic acids is 2. The number of morpholine rings is 1. The molecule has 0 unspecified atom stereocenters. The zero-order valence-electron chi connectivity index (χ0n) is 19.5. The summed E-state index contributed by atoms with van der Waals surface area (Å²) >= 11 is 0. The molecule has 1 aliphatic rings. The summed E-state index contributed by atoms with van der Waals surface area (Å²) in [6.45, 7) is 6.25. The zero-order chi connectivity index (χ0) is 24.9. The molecule has 0 aromatic heterocycles. The summed E-state index contributed by atoms with van der Waals surface area (Å²) < 4.78 is 31.1. The molecule has 3 amide bonds. The van der Waals surface area contributed by atoms with Crippen molar-refractivity contribution in [2.45, 2.75) is 32.5 Å². The second kappa shape index (κ2) is 10.4. The van der Waals surface area contributed by atoms with Crippen molar-refractivity contribution in [2.24, 2.45) is 0 Å². The predicted molar refractivity (Wildman–Crippen MR) is 123 cm³/mol. The number of nitrogens with one attached hydrogen (secondary N) is 2. The number of urea groups is 1. The Labute approximate surface area is 197 Å². The number of benzene rings is 2. The first kappa shape index (κ1) is 24.8. The van der Waals surface area contributed by atoms with Crippen LogP contribution in [0.15, 0.2) is 36.4 Å². The molecule has 9 nitrogen and oxygen atoms in total. The molecule has 180 valence electrons. The largest absolute Gasteiger partial charge is 0.495 e. The lowest BCUT2D eigenvalue weighted by molar-refractivity contribution is -0.0433. The number of nitriles is 1. The first-order valence-corrected chi connectivity index (χ1v) is 10.6. The van der Waals surface area contributed by atoms with Crippen LogP contribution in [-0.2, 0) is 9.47 Å². The highest BCUT2D eigenvalue weighted by molar-refractivity contribution is 6.00. The predicted octanol–water partition coefficient (Wildman–Crippen LogP) is 4.66. The van der Waals surface area contributed by atoms with Crippen LogP contribution >= 0.6 is 0 Å². The highest BCUT2D eigenvalue weighted by Crippen LogP contribution is 2.28. The van der Waals surface area contributed by atoms with Gasteiger partial charge in [0, 0.05) is 6.54 Å². The van der Waals surface area contributed by atoms with Gasteiger partial charge in [-0.3, -0.25) is 0 Å². The molecule has 1 saturated heterocycles. The molecule has 2 aromatic rings. The molecular weight excluding hydrogens is 443 g/mol. The molecule has 3 rings (SSSR count). The fourth-order valence-corrected chi connectivity index (χ4v) is 3.33. The highest BCUT2D eigenvalue weighted by Gasteiger charge is 2.29. The molecule has 2 aromatic carbocycles. The Bertz CT molecular complexity index is 1110. The number of methoxy groups -OCH3 is 1. The molecule has 1 atom stereocenters. The summed E-state index contributed by atoms with van der Waals surface area (Å²) in [4.78, 5) is 26.3. The third-order valence-corrected chi connectivity index (χ3v) is 4.91. The van der Waals surface area contributed by atoms with Gasteiger partial charge >= 0.3 is 12.1 Å². The molecular formula is C24H27FN4O5. The lowest BCUT2D eigenvalue weighted by Crippen LogP contribution is -2.44. The number of ether oxygens (including phenoxy) is 3. The van der Waals surface area contributed by atoms with Gasteiger partial charge < -0.3 is 29.7 Å². The second-order valence-electron chi connectivity index (χ2n) is 8.63. The summed E-state index contributed by atoms with van der Waals surface area (Å²) in [6.07, 6.45) is -0.983. The minimum Gasteiger partial charge on any atom is -0.495 e. The standard InChI is InChI=1S/C24H27FN4O5/c1-24(2,3)34-23(31)29-9-10-33-21(14-29)16-6-7-18(17(25)12-16)27-22(30)28-19-11-15(13-26)5-8-20(19)32-4/h5-8,11-12,21H,9-10,14H2,1-4H3,(H2,27,28,30)/t21-/m1/s1. The van der Waals surface area contributed by atoms with Crippen LogP contribution < -0.4 is 15.4 Å². The average Bonchev–Trinajstić information content (AvgIpc) is 2.79. The molecule has 34 heavy (non-hydrogen) atoms. The van der Waals surface area contributed by atoms with Gasteiger partial charge in [-0.05, 0) is 56.7 Å². The Morgan fingerprint density at radius 3 is 2.56 bits per heavy atom. The lowest BCUT2D eigenvalue weighted by Gasteiger charge is -2.34. The number of hydrogen-bond donors (Lipinski definition) is 2. The van der Waals surface area contributed by atoms with Gasteiger partial charge in [-0.1, -0.05) is 6.07 Å². The summed E-state index contributed by atoms with van der Waals surface area (Å²) in [5.74, 6) is -0.308. The van der Waals surface area contributed by atoms with E-state index in [1.165, 1.54) is 30.2 Å². The van der Waals surface area contributed by atoms with Crippen LogP contribution in [-0.4, -0.2) is 49.4 Å². The van der Waals surface area contributed by atoms with Crippen molar-refractivity contribution in [3.8, 4) is 11.8 Å². The van der Waals surface area contributed by atoms with Crippen molar-refractivity contribution < 1.29 is 28.2 Å². The van der Waals surface area contributed by atoms with E-state index >= 15 is 0 Å². The van der Waals surface area contributed by atoms with E-state index in [1.807, 2.05) is 6.07 Å². The van der Waals surface area contributed by atoms with Crippen LogP contribution in [0.25, 0.3) is 0 Å². The van der Waals surface area contributed by atoms with Gasteiger partial charge in [-0.15, -0.1) is 0 Å². The van der Waals surface area contributed by atoms with Gasteiger partial charge in [0.05, 0.1) is 43.3 Å². The van der Waals surface area contributed by atoms with Crippen molar-refractivity contribution in [1.82, 2.24) is 4.90 Å². The smallest absolute Gasteiger partial charge is 0.410 e. The molecule has 2 N–H and O–H groups in total. The maximum absolute atomic E-state index is 14.8. The van der Waals surface area contributed by atoms with Gasteiger partial charge in [-0.2, -0.15) is 5.26 Å². The molecule has 0 saturated carbocycles. The number of halogens is 1. The quantitative estimate of drug-likeness (QED) is 0.672. The number of anilines is 2. The summed E-state index contributed by atoms with van der Waals surface area (Å²) in [7, 11) is 1.43. The summed E-state index contributed by atoms with van der Waals surface area (Å²) in [5.41, 5.74) is 0.468. The molecule has 10 heteroatoms. The minimum absolute atomic E-state index is 0.0449. The number of rotatable bonds is 4. The topological polar surface area (TPSA) is 113 Å². The van der Waals surface area contributed by atoms with Crippen molar-refractivity contribution in [3.63, 3.8) is 0 Å². The van der Waals surface area contributed by atoms with Crippen molar-refractivity contribution in [2.75, 3.05) is 37.4 Å². The van der Waals surface area contributed by atoms with Crippen LogP contribution in [0.3, 0.4) is 0 Å². The van der Waals surface area contributed by atoms with E-state index in [0.29, 0.717) is 23.4 Å². The van der Waals surface area contributed by atoms with Gasteiger partial charge in [0.15, 0.2) is 0 Å². The third kappa shape index (κ3) is 6.36. The Kier molecular flexibility index (Phi) is 7.58. The van der Waals surface area contributed by atoms with E-state index in [9.17, 15) is 14.0 Å². The molecule has 0 spiro atoms. The number of hydrogen-bond acceptors (Lipinski definition) is 6. The summed E-state index contributed by atoms with van der Waals surface area (Å²) in [5, 5.41) is 14.0. The molecule has 0 aliphatic carbocycles. The normalized spacial score (nSPS) is 15.8. The molecule has 0 bridgehead atoms. The molecule has 0 radical (unpaired) electrons. The van der Waals surface area contributed by atoms with Gasteiger partial charge in [0.25, 0.3) is 0 Å². The lowest BCUT2D eigenvalue weighted by atomic mass is 10.1. The van der Waals surface area contributed by atoms with Crippen LogP contribution in [0.2, 0.25) is 0 Å².